The zero-order chi connectivity index (χ0) is 8.39. The van der Waals surface area contributed by atoms with Crippen LogP contribution in [0.15, 0.2) is 29.6 Å². The molecule has 0 aliphatic heterocycles. The SMILES string of the molecule is Nc1ccc(-c2cccs2)nn1. The molecule has 0 aliphatic rings. The molecule has 2 rings (SSSR count). The third kappa shape index (κ3) is 1.29. The van der Waals surface area contributed by atoms with Crippen LogP contribution in [0.2, 0.25) is 0 Å². The van der Waals surface area contributed by atoms with E-state index in [1.54, 1.807) is 17.4 Å². The van der Waals surface area contributed by atoms with Crippen LogP contribution in [0.5, 0.6) is 0 Å². The quantitative estimate of drug-likeness (QED) is 0.722. The highest BCUT2D eigenvalue weighted by Gasteiger charge is 1.98. The van der Waals surface area contributed by atoms with Crippen molar-refractivity contribution in [2.24, 2.45) is 0 Å². The summed E-state index contributed by atoms with van der Waals surface area (Å²) in [6, 6.07) is 7.61. The number of nitrogens with zero attached hydrogens (tertiary/aromatic N) is 2. The second kappa shape index (κ2) is 2.91. The van der Waals surface area contributed by atoms with Crippen LogP contribution in [0.1, 0.15) is 0 Å². The first kappa shape index (κ1) is 7.24. The van der Waals surface area contributed by atoms with Crippen molar-refractivity contribution in [3.05, 3.63) is 29.6 Å². The van der Waals surface area contributed by atoms with Crippen LogP contribution in [0.3, 0.4) is 0 Å². The van der Waals surface area contributed by atoms with Crippen molar-refractivity contribution in [2.45, 2.75) is 0 Å². The summed E-state index contributed by atoms with van der Waals surface area (Å²) in [5.41, 5.74) is 6.28. The van der Waals surface area contributed by atoms with Crippen LogP contribution in [0, 0.1) is 0 Å². The maximum absolute atomic E-state index is 5.41. The van der Waals surface area contributed by atoms with Crippen molar-refractivity contribution >= 4 is 17.2 Å². The maximum Gasteiger partial charge on any atom is 0.146 e. The van der Waals surface area contributed by atoms with Gasteiger partial charge in [0.25, 0.3) is 0 Å². The molecule has 0 radical (unpaired) electrons. The van der Waals surface area contributed by atoms with E-state index in [4.69, 9.17) is 5.73 Å². The minimum atomic E-state index is 0.454. The van der Waals surface area contributed by atoms with Gasteiger partial charge < -0.3 is 5.73 Å². The molecule has 0 aliphatic carbocycles. The molecule has 2 N–H and O–H groups in total. The zero-order valence-corrected chi connectivity index (χ0v) is 7.08. The van der Waals surface area contributed by atoms with Crippen molar-refractivity contribution in [1.82, 2.24) is 10.2 Å². The van der Waals surface area contributed by atoms with Gasteiger partial charge in [-0.05, 0) is 23.6 Å². The van der Waals surface area contributed by atoms with E-state index in [-0.39, 0.29) is 0 Å². The summed E-state index contributed by atoms with van der Waals surface area (Å²) >= 11 is 1.64. The highest BCUT2D eigenvalue weighted by Crippen LogP contribution is 2.21. The number of aromatic nitrogens is 2. The highest BCUT2D eigenvalue weighted by atomic mass is 32.1. The molecule has 4 heteroatoms. The fourth-order valence-corrected chi connectivity index (χ4v) is 1.59. The largest absolute Gasteiger partial charge is 0.382 e. The van der Waals surface area contributed by atoms with Crippen LogP contribution in [-0.2, 0) is 0 Å². The molecule has 0 spiro atoms. The van der Waals surface area contributed by atoms with E-state index >= 15 is 0 Å². The standard InChI is InChI=1S/C8H7N3S/c9-8-4-3-6(10-11-8)7-2-1-5-12-7/h1-5H,(H2,9,11). The Bertz CT molecular complexity index is 352. The lowest BCUT2D eigenvalue weighted by Gasteiger charge is -1.94. The van der Waals surface area contributed by atoms with Gasteiger partial charge in [-0.2, -0.15) is 0 Å². The second-order valence-electron chi connectivity index (χ2n) is 2.32. The minimum absolute atomic E-state index is 0.454. The van der Waals surface area contributed by atoms with Gasteiger partial charge in [-0.3, -0.25) is 0 Å². The molecular weight excluding hydrogens is 170 g/mol. The summed E-state index contributed by atoms with van der Waals surface area (Å²) in [5, 5.41) is 9.73. The number of hydrogen-bond acceptors (Lipinski definition) is 4. The molecule has 12 heavy (non-hydrogen) atoms. The topological polar surface area (TPSA) is 51.8 Å². The van der Waals surface area contributed by atoms with Gasteiger partial charge in [0, 0.05) is 0 Å². The molecule has 0 fully saturated rings. The molecule has 0 atom stereocenters. The predicted molar refractivity (Wildman–Crippen MR) is 49.8 cm³/mol. The Balaban J connectivity index is 2.43. The summed E-state index contributed by atoms with van der Waals surface area (Å²) in [4.78, 5) is 1.11. The number of thiophene rings is 1. The number of rotatable bonds is 1. The smallest absolute Gasteiger partial charge is 0.146 e. The van der Waals surface area contributed by atoms with E-state index in [0.29, 0.717) is 5.82 Å². The summed E-state index contributed by atoms with van der Waals surface area (Å²) in [7, 11) is 0. The Kier molecular flexibility index (Phi) is 1.75. The van der Waals surface area contributed by atoms with Crippen LogP contribution in [0.25, 0.3) is 10.6 Å². The molecule has 0 aromatic carbocycles. The molecule has 0 saturated carbocycles. The Morgan fingerprint density at radius 2 is 2.08 bits per heavy atom. The Morgan fingerprint density at radius 3 is 2.67 bits per heavy atom. The summed E-state index contributed by atoms with van der Waals surface area (Å²) < 4.78 is 0. The zero-order valence-electron chi connectivity index (χ0n) is 6.27. The van der Waals surface area contributed by atoms with Gasteiger partial charge in [-0.25, -0.2) is 0 Å². The molecular formula is C8H7N3S. The first-order valence-electron chi connectivity index (χ1n) is 3.49. The number of nitrogens with two attached hydrogens (primary N) is 1. The fraction of sp³-hybridized carbons (Fsp3) is 0. The van der Waals surface area contributed by atoms with Crippen LogP contribution in [-0.4, -0.2) is 10.2 Å². The van der Waals surface area contributed by atoms with Crippen molar-refractivity contribution in [2.75, 3.05) is 5.73 Å². The number of hydrogen-bond donors (Lipinski definition) is 1. The summed E-state index contributed by atoms with van der Waals surface area (Å²) in [6.07, 6.45) is 0. The molecule has 0 bridgehead atoms. The van der Waals surface area contributed by atoms with E-state index in [9.17, 15) is 0 Å². The van der Waals surface area contributed by atoms with Gasteiger partial charge in [-0.1, -0.05) is 6.07 Å². The van der Waals surface area contributed by atoms with Crippen LogP contribution < -0.4 is 5.73 Å². The Morgan fingerprint density at radius 1 is 1.17 bits per heavy atom. The highest BCUT2D eigenvalue weighted by molar-refractivity contribution is 7.13. The van der Waals surface area contributed by atoms with Crippen molar-refractivity contribution in [1.29, 1.82) is 0 Å². The van der Waals surface area contributed by atoms with Gasteiger partial charge in [-0.15, -0.1) is 21.5 Å². The molecule has 3 nitrogen and oxygen atoms in total. The lowest BCUT2D eigenvalue weighted by Crippen LogP contribution is -1.92. The molecule has 0 saturated heterocycles. The van der Waals surface area contributed by atoms with E-state index in [1.165, 1.54) is 0 Å². The van der Waals surface area contributed by atoms with E-state index in [1.807, 2.05) is 23.6 Å². The van der Waals surface area contributed by atoms with Crippen molar-refractivity contribution in [3.8, 4) is 10.6 Å². The molecule has 2 heterocycles. The first-order chi connectivity index (χ1) is 5.86. The normalized spacial score (nSPS) is 10.0. The second-order valence-corrected chi connectivity index (χ2v) is 3.27. The first-order valence-corrected chi connectivity index (χ1v) is 4.37. The Labute approximate surface area is 73.9 Å². The Hall–Kier alpha value is -1.42. The third-order valence-electron chi connectivity index (χ3n) is 1.46. The van der Waals surface area contributed by atoms with Crippen molar-refractivity contribution < 1.29 is 0 Å². The van der Waals surface area contributed by atoms with Gasteiger partial charge in [0.15, 0.2) is 0 Å². The van der Waals surface area contributed by atoms with Gasteiger partial charge in [0.05, 0.1) is 4.88 Å². The van der Waals surface area contributed by atoms with Gasteiger partial charge in [0.1, 0.15) is 11.5 Å². The van der Waals surface area contributed by atoms with Crippen LogP contribution in [0.4, 0.5) is 5.82 Å². The third-order valence-corrected chi connectivity index (χ3v) is 2.35. The van der Waals surface area contributed by atoms with Gasteiger partial charge in [0.2, 0.25) is 0 Å². The molecule has 2 aromatic heterocycles. The fourth-order valence-electron chi connectivity index (χ4n) is 0.898. The predicted octanol–water partition coefficient (Wildman–Crippen LogP) is 1.79. The molecule has 0 amide bonds. The van der Waals surface area contributed by atoms with Gasteiger partial charge >= 0.3 is 0 Å². The minimum Gasteiger partial charge on any atom is -0.382 e. The maximum atomic E-state index is 5.41. The van der Waals surface area contributed by atoms with Crippen LogP contribution >= 0.6 is 11.3 Å². The lowest BCUT2D eigenvalue weighted by molar-refractivity contribution is 1.05. The summed E-state index contributed by atoms with van der Waals surface area (Å²) in [6.45, 7) is 0. The number of anilines is 1. The average Bonchev–Trinajstić information content (AvgIpc) is 2.58. The van der Waals surface area contributed by atoms with E-state index in [0.717, 1.165) is 10.6 Å². The molecule has 2 aromatic rings. The molecule has 60 valence electrons. The van der Waals surface area contributed by atoms with Crippen molar-refractivity contribution in [3.63, 3.8) is 0 Å². The summed E-state index contributed by atoms with van der Waals surface area (Å²) in [5.74, 6) is 0.454. The van der Waals surface area contributed by atoms with E-state index < -0.39 is 0 Å². The number of nitrogen functional groups attached to an aromatic ring is 1. The average molecular weight is 177 g/mol. The lowest BCUT2D eigenvalue weighted by atomic mass is 10.3. The molecule has 0 unspecified atom stereocenters. The van der Waals surface area contributed by atoms with E-state index in [2.05, 4.69) is 10.2 Å². The monoisotopic (exact) mass is 177 g/mol.